The lowest BCUT2D eigenvalue weighted by Gasteiger charge is -2.27. The van der Waals surface area contributed by atoms with Gasteiger partial charge in [0.2, 0.25) is 5.91 Å². The van der Waals surface area contributed by atoms with Crippen LogP contribution in [0.4, 0.5) is 11.4 Å². The molecule has 6 heteroatoms. The standard InChI is InChI=1S/C12H16BrN3O2/c1-6(5-17)16(2)10-4-9-7(3-8(10)13)11(14)12(18)15-9/h3-4,6,11,17H,5,14H2,1-2H3,(H,15,18). The number of carbonyl (C=O) groups excluding carboxylic acids is 1. The van der Waals surface area contributed by atoms with Crippen molar-refractivity contribution in [2.24, 2.45) is 5.73 Å². The zero-order valence-corrected chi connectivity index (χ0v) is 11.9. The highest BCUT2D eigenvalue weighted by Crippen LogP contribution is 2.38. The molecular weight excluding hydrogens is 298 g/mol. The molecule has 1 aliphatic heterocycles. The molecule has 2 unspecified atom stereocenters. The summed E-state index contributed by atoms with van der Waals surface area (Å²) in [5.41, 5.74) is 8.22. The molecule has 0 aromatic heterocycles. The maximum Gasteiger partial charge on any atom is 0.245 e. The van der Waals surface area contributed by atoms with Gasteiger partial charge in [-0.1, -0.05) is 0 Å². The average molecular weight is 314 g/mol. The third-order valence-corrected chi connectivity index (χ3v) is 3.93. The summed E-state index contributed by atoms with van der Waals surface area (Å²) in [6.07, 6.45) is 0. The van der Waals surface area contributed by atoms with E-state index in [1.807, 2.05) is 31.0 Å². The lowest BCUT2D eigenvalue weighted by Crippen LogP contribution is -2.32. The molecular formula is C12H16BrN3O2. The van der Waals surface area contributed by atoms with E-state index < -0.39 is 6.04 Å². The fourth-order valence-electron chi connectivity index (χ4n) is 1.92. The second kappa shape index (κ2) is 4.87. The molecule has 0 radical (unpaired) electrons. The largest absolute Gasteiger partial charge is 0.394 e. The van der Waals surface area contributed by atoms with Crippen molar-refractivity contribution in [1.29, 1.82) is 0 Å². The first-order valence-corrected chi connectivity index (χ1v) is 6.48. The number of aliphatic hydroxyl groups is 1. The van der Waals surface area contributed by atoms with E-state index in [1.165, 1.54) is 0 Å². The number of nitrogens with one attached hydrogen (secondary N) is 1. The summed E-state index contributed by atoms with van der Waals surface area (Å²) in [5, 5.41) is 11.9. The molecule has 1 amide bonds. The number of fused-ring (bicyclic) bond motifs is 1. The van der Waals surface area contributed by atoms with Gasteiger partial charge >= 0.3 is 0 Å². The number of nitrogens with zero attached hydrogens (tertiary/aromatic N) is 1. The second-order valence-corrected chi connectivity index (χ2v) is 5.35. The van der Waals surface area contributed by atoms with Crippen LogP contribution in [0.15, 0.2) is 16.6 Å². The van der Waals surface area contributed by atoms with E-state index in [0.29, 0.717) is 0 Å². The smallest absolute Gasteiger partial charge is 0.245 e. The molecule has 0 bridgehead atoms. The summed E-state index contributed by atoms with van der Waals surface area (Å²) >= 11 is 3.48. The molecule has 0 saturated heterocycles. The van der Waals surface area contributed by atoms with Crippen molar-refractivity contribution in [1.82, 2.24) is 0 Å². The number of halogens is 1. The highest BCUT2D eigenvalue weighted by Gasteiger charge is 2.29. The molecule has 1 aliphatic rings. The third kappa shape index (κ3) is 2.11. The molecule has 98 valence electrons. The van der Waals surface area contributed by atoms with Crippen molar-refractivity contribution in [2.75, 3.05) is 23.9 Å². The Balaban J connectivity index is 2.41. The quantitative estimate of drug-likeness (QED) is 0.784. The summed E-state index contributed by atoms with van der Waals surface area (Å²) in [5.74, 6) is -0.188. The maximum absolute atomic E-state index is 11.5. The average Bonchev–Trinajstić information content (AvgIpc) is 2.63. The predicted octanol–water partition coefficient (Wildman–Crippen LogP) is 1.22. The van der Waals surface area contributed by atoms with Crippen LogP contribution in [0.25, 0.3) is 0 Å². The van der Waals surface area contributed by atoms with Crippen molar-refractivity contribution in [3.8, 4) is 0 Å². The van der Waals surface area contributed by atoms with Gasteiger partial charge in [0, 0.05) is 28.8 Å². The van der Waals surface area contributed by atoms with Gasteiger partial charge in [0.25, 0.3) is 0 Å². The van der Waals surface area contributed by atoms with Gasteiger partial charge in [-0.2, -0.15) is 0 Å². The zero-order chi connectivity index (χ0) is 13.4. The molecule has 1 aromatic rings. The Hall–Kier alpha value is -1.11. The van der Waals surface area contributed by atoms with Crippen molar-refractivity contribution in [3.63, 3.8) is 0 Å². The number of carbonyl (C=O) groups is 1. The molecule has 0 aliphatic carbocycles. The summed E-state index contributed by atoms with van der Waals surface area (Å²) in [6, 6.07) is 3.11. The van der Waals surface area contributed by atoms with E-state index in [-0.39, 0.29) is 18.6 Å². The Bertz CT molecular complexity index is 492. The number of rotatable bonds is 3. The fourth-order valence-corrected chi connectivity index (χ4v) is 2.57. The highest BCUT2D eigenvalue weighted by atomic mass is 79.9. The van der Waals surface area contributed by atoms with Gasteiger partial charge in [-0.05, 0) is 35.0 Å². The van der Waals surface area contributed by atoms with Crippen molar-refractivity contribution in [3.05, 3.63) is 22.2 Å². The minimum absolute atomic E-state index is 0.00914. The number of hydrogen-bond donors (Lipinski definition) is 3. The van der Waals surface area contributed by atoms with Gasteiger partial charge in [-0.25, -0.2) is 0 Å². The molecule has 0 spiro atoms. The van der Waals surface area contributed by atoms with Crippen LogP contribution >= 0.6 is 15.9 Å². The summed E-state index contributed by atoms with van der Waals surface area (Å²) in [4.78, 5) is 13.5. The lowest BCUT2D eigenvalue weighted by molar-refractivity contribution is -0.116. The molecule has 2 rings (SSSR count). The van der Waals surface area contributed by atoms with Crippen LogP contribution < -0.4 is 16.0 Å². The van der Waals surface area contributed by atoms with E-state index >= 15 is 0 Å². The zero-order valence-electron chi connectivity index (χ0n) is 10.3. The Morgan fingerprint density at radius 2 is 2.28 bits per heavy atom. The van der Waals surface area contributed by atoms with Gasteiger partial charge in [-0.15, -0.1) is 0 Å². The number of aliphatic hydroxyl groups excluding tert-OH is 1. The summed E-state index contributed by atoms with van der Waals surface area (Å²) in [6.45, 7) is 1.98. The van der Waals surface area contributed by atoms with E-state index in [4.69, 9.17) is 5.73 Å². The summed E-state index contributed by atoms with van der Waals surface area (Å²) in [7, 11) is 1.89. The monoisotopic (exact) mass is 313 g/mol. The number of hydrogen-bond acceptors (Lipinski definition) is 4. The molecule has 4 N–H and O–H groups in total. The van der Waals surface area contributed by atoms with Crippen LogP contribution in [0.5, 0.6) is 0 Å². The first-order valence-electron chi connectivity index (χ1n) is 5.69. The van der Waals surface area contributed by atoms with Crippen LogP contribution in [0.2, 0.25) is 0 Å². The SMILES string of the molecule is CC(CO)N(C)c1cc2c(cc1Br)C(N)C(=O)N2. The molecule has 0 fully saturated rings. The highest BCUT2D eigenvalue weighted by molar-refractivity contribution is 9.10. The minimum Gasteiger partial charge on any atom is -0.394 e. The maximum atomic E-state index is 11.5. The Labute approximate surface area is 114 Å². The molecule has 2 atom stereocenters. The predicted molar refractivity (Wildman–Crippen MR) is 74.7 cm³/mol. The Morgan fingerprint density at radius 3 is 2.89 bits per heavy atom. The molecule has 1 aromatic carbocycles. The normalized spacial score (nSPS) is 19.4. The first-order chi connectivity index (χ1) is 8.45. The van der Waals surface area contributed by atoms with Gasteiger partial charge in [-0.3, -0.25) is 4.79 Å². The minimum atomic E-state index is -0.606. The second-order valence-electron chi connectivity index (χ2n) is 4.50. The number of amides is 1. The Morgan fingerprint density at radius 1 is 1.61 bits per heavy atom. The first kappa shape index (κ1) is 13.3. The topological polar surface area (TPSA) is 78.6 Å². The number of nitrogens with two attached hydrogens (primary N) is 1. The molecule has 18 heavy (non-hydrogen) atoms. The van der Waals surface area contributed by atoms with Gasteiger partial charge in [0.05, 0.1) is 12.3 Å². The molecule has 1 heterocycles. The van der Waals surface area contributed by atoms with E-state index in [1.54, 1.807) is 0 Å². The van der Waals surface area contributed by atoms with E-state index in [9.17, 15) is 9.90 Å². The third-order valence-electron chi connectivity index (χ3n) is 3.30. The summed E-state index contributed by atoms with van der Waals surface area (Å²) < 4.78 is 0.857. The van der Waals surface area contributed by atoms with Crippen LogP contribution in [-0.2, 0) is 4.79 Å². The van der Waals surface area contributed by atoms with Crippen LogP contribution in [0.1, 0.15) is 18.5 Å². The number of benzene rings is 1. The molecule has 5 nitrogen and oxygen atoms in total. The fraction of sp³-hybridized carbons (Fsp3) is 0.417. The molecule has 0 saturated carbocycles. The lowest BCUT2D eigenvalue weighted by atomic mass is 10.1. The van der Waals surface area contributed by atoms with Crippen molar-refractivity contribution < 1.29 is 9.90 Å². The van der Waals surface area contributed by atoms with Gasteiger partial charge in [0.15, 0.2) is 0 Å². The van der Waals surface area contributed by atoms with Crippen LogP contribution in [0, 0.1) is 0 Å². The Kier molecular flexibility index (Phi) is 3.61. The van der Waals surface area contributed by atoms with E-state index in [0.717, 1.165) is 21.4 Å². The van der Waals surface area contributed by atoms with Gasteiger partial charge in [0.1, 0.15) is 6.04 Å². The van der Waals surface area contributed by atoms with Crippen LogP contribution in [0.3, 0.4) is 0 Å². The number of anilines is 2. The van der Waals surface area contributed by atoms with Gasteiger partial charge < -0.3 is 21.1 Å². The number of likely N-dealkylation sites (N-methyl/N-ethyl adjacent to an activating group) is 1. The van der Waals surface area contributed by atoms with Crippen LogP contribution in [-0.4, -0.2) is 30.7 Å². The van der Waals surface area contributed by atoms with E-state index in [2.05, 4.69) is 21.2 Å². The van der Waals surface area contributed by atoms with Crippen molar-refractivity contribution >= 4 is 33.2 Å². The van der Waals surface area contributed by atoms with Crippen molar-refractivity contribution in [2.45, 2.75) is 19.0 Å².